The maximum Gasteiger partial charge on any atom is 0.262 e. The molecule has 3 aliphatic rings. The number of ether oxygens (including phenoxy) is 1. The fourth-order valence-corrected chi connectivity index (χ4v) is 3.24. The smallest absolute Gasteiger partial charge is 0.262 e. The van der Waals surface area contributed by atoms with Gasteiger partial charge in [0, 0.05) is 6.54 Å². The van der Waals surface area contributed by atoms with Crippen LogP contribution in [0.4, 0.5) is 5.69 Å². The zero-order chi connectivity index (χ0) is 14.4. The van der Waals surface area contributed by atoms with E-state index >= 15 is 0 Å². The van der Waals surface area contributed by atoms with Gasteiger partial charge in [-0.05, 0) is 43.5 Å². The number of benzene rings is 1. The normalized spacial score (nSPS) is 27.4. The fourth-order valence-electron chi connectivity index (χ4n) is 3.24. The van der Waals surface area contributed by atoms with E-state index in [4.69, 9.17) is 4.74 Å². The molecule has 0 saturated carbocycles. The molecule has 0 radical (unpaired) electrons. The van der Waals surface area contributed by atoms with Crippen molar-refractivity contribution in [1.82, 2.24) is 10.7 Å². The van der Waals surface area contributed by atoms with Gasteiger partial charge in [-0.2, -0.15) is 5.10 Å². The van der Waals surface area contributed by atoms with Crippen molar-refractivity contribution in [2.24, 2.45) is 5.10 Å². The molecule has 6 heteroatoms. The van der Waals surface area contributed by atoms with E-state index in [1.807, 2.05) is 17.9 Å². The first-order valence-electron chi connectivity index (χ1n) is 7.37. The number of hydrogen-bond donors (Lipinski definition) is 2. The molecule has 1 fully saturated rings. The van der Waals surface area contributed by atoms with E-state index in [0.717, 1.165) is 36.8 Å². The summed E-state index contributed by atoms with van der Waals surface area (Å²) in [5, 5.41) is 7.50. The van der Waals surface area contributed by atoms with Crippen molar-refractivity contribution in [2.75, 3.05) is 24.6 Å². The molecule has 1 aromatic carbocycles. The molecule has 6 nitrogen and oxygen atoms in total. The van der Waals surface area contributed by atoms with Crippen LogP contribution in [-0.4, -0.2) is 37.5 Å². The number of amides is 1. The monoisotopic (exact) mass is 286 g/mol. The number of hydrazone groups is 1. The molecular formula is C15H18N4O2. The molecule has 1 aromatic rings. The Balaban J connectivity index is 1.77. The molecule has 1 amide bonds. The number of nitrogens with one attached hydrogen (secondary N) is 2. The van der Waals surface area contributed by atoms with Crippen molar-refractivity contribution in [3.63, 3.8) is 0 Å². The molecule has 0 spiro atoms. The topological polar surface area (TPSA) is 66.0 Å². The minimum absolute atomic E-state index is 0.0838. The van der Waals surface area contributed by atoms with Gasteiger partial charge in [-0.3, -0.25) is 4.79 Å². The number of hydrogen-bond acceptors (Lipinski definition) is 5. The first-order valence-corrected chi connectivity index (χ1v) is 7.37. The van der Waals surface area contributed by atoms with E-state index < -0.39 is 0 Å². The van der Waals surface area contributed by atoms with Crippen molar-refractivity contribution in [3.05, 3.63) is 23.8 Å². The summed E-state index contributed by atoms with van der Waals surface area (Å²) in [5.74, 6) is 2.03. The van der Waals surface area contributed by atoms with Gasteiger partial charge in [0.25, 0.3) is 5.91 Å². The van der Waals surface area contributed by atoms with Crippen LogP contribution in [0.2, 0.25) is 0 Å². The number of carbonyl (C=O) groups is 1. The lowest BCUT2D eigenvalue weighted by Crippen LogP contribution is -2.55. The van der Waals surface area contributed by atoms with Gasteiger partial charge in [0.2, 0.25) is 0 Å². The Bertz CT molecular complexity index is 622. The molecule has 110 valence electrons. The molecule has 0 bridgehead atoms. The van der Waals surface area contributed by atoms with Crippen LogP contribution >= 0.6 is 0 Å². The van der Waals surface area contributed by atoms with Crippen molar-refractivity contribution >= 4 is 17.4 Å². The van der Waals surface area contributed by atoms with Crippen LogP contribution in [-0.2, 0) is 4.79 Å². The number of rotatable bonds is 1. The number of nitrogens with zero attached hydrogens (tertiary/aromatic N) is 2. The SMILES string of the molecule is CC1C(=O)NN=C2COc3ccc(C4CCNC4)cc3N21. The van der Waals surface area contributed by atoms with Crippen LogP contribution in [0.5, 0.6) is 5.75 Å². The first kappa shape index (κ1) is 12.6. The van der Waals surface area contributed by atoms with Crippen molar-refractivity contribution < 1.29 is 9.53 Å². The molecule has 21 heavy (non-hydrogen) atoms. The van der Waals surface area contributed by atoms with Gasteiger partial charge in [-0.25, -0.2) is 5.43 Å². The highest BCUT2D eigenvalue weighted by Gasteiger charge is 2.35. The van der Waals surface area contributed by atoms with Crippen LogP contribution < -0.4 is 20.4 Å². The lowest BCUT2D eigenvalue weighted by molar-refractivity contribution is -0.122. The quantitative estimate of drug-likeness (QED) is 0.801. The second-order valence-electron chi connectivity index (χ2n) is 5.76. The van der Waals surface area contributed by atoms with E-state index in [2.05, 4.69) is 28.0 Å². The van der Waals surface area contributed by atoms with Crippen LogP contribution in [0.1, 0.15) is 24.8 Å². The summed E-state index contributed by atoms with van der Waals surface area (Å²) in [6, 6.07) is 6.03. The number of fused-ring (bicyclic) bond motifs is 3. The molecule has 0 aromatic heterocycles. The van der Waals surface area contributed by atoms with E-state index in [-0.39, 0.29) is 11.9 Å². The van der Waals surface area contributed by atoms with Crippen molar-refractivity contribution in [2.45, 2.75) is 25.3 Å². The number of amidine groups is 1. The average molecular weight is 286 g/mol. The highest BCUT2D eigenvalue weighted by Crippen LogP contribution is 2.37. The summed E-state index contributed by atoms with van der Waals surface area (Å²) in [6.07, 6.45) is 1.15. The Morgan fingerprint density at radius 1 is 1.43 bits per heavy atom. The third kappa shape index (κ3) is 1.98. The van der Waals surface area contributed by atoms with Gasteiger partial charge >= 0.3 is 0 Å². The molecule has 4 rings (SSSR count). The molecule has 0 aliphatic carbocycles. The highest BCUT2D eigenvalue weighted by molar-refractivity contribution is 6.09. The maximum atomic E-state index is 11.9. The minimum atomic E-state index is -0.267. The second-order valence-corrected chi connectivity index (χ2v) is 5.76. The third-order valence-corrected chi connectivity index (χ3v) is 4.47. The predicted octanol–water partition coefficient (Wildman–Crippen LogP) is 0.794. The minimum Gasteiger partial charge on any atom is -0.483 e. The number of anilines is 1. The summed E-state index contributed by atoms with van der Waals surface area (Å²) in [5.41, 5.74) is 4.79. The zero-order valence-corrected chi connectivity index (χ0v) is 11.9. The Labute approximate surface area is 123 Å². The molecule has 2 unspecified atom stereocenters. The maximum absolute atomic E-state index is 11.9. The lowest BCUT2D eigenvalue weighted by atomic mass is 9.96. The van der Waals surface area contributed by atoms with Crippen LogP contribution in [0.25, 0.3) is 0 Å². The molecule has 3 heterocycles. The molecule has 3 aliphatic heterocycles. The van der Waals surface area contributed by atoms with E-state index in [1.54, 1.807) is 0 Å². The summed E-state index contributed by atoms with van der Waals surface area (Å²) < 4.78 is 5.75. The standard InChI is InChI=1S/C15H18N4O2/c1-9-15(20)18-17-14-8-21-13-3-2-10(6-12(13)19(9)14)11-4-5-16-7-11/h2-3,6,9,11,16H,4-5,7-8H2,1H3,(H,18,20). The van der Waals surface area contributed by atoms with Gasteiger partial charge in [0.15, 0.2) is 5.84 Å². The summed E-state index contributed by atoms with van der Waals surface area (Å²) in [7, 11) is 0. The van der Waals surface area contributed by atoms with E-state index in [9.17, 15) is 4.79 Å². The summed E-state index contributed by atoms with van der Waals surface area (Å²) >= 11 is 0. The Kier molecular flexibility index (Phi) is 2.85. The first-order chi connectivity index (χ1) is 10.2. The van der Waals surface area contributed by atoms with E-state index in [1.165, 1.54) is 5.56 Å². The molecule has 2 N–H and O–H groups in total. The fraction of sp³-hybridized carbons (Fsp3) is 0.467. The van der Waals surface area contributed by atoms with Crippen LogP contribution in [0, 0.1) is 0 Å². The Morgan fingerprint density at radius 2 is 2.33 bits per heavy atom. The highest BCUT2D eigenvalue weighted by atomic mass is 16.5. The second kappa shape index (κ2) is 4.73. The van der Waals surface area contributed by atoms with Crippen LogP contribution in [0.15, 0.2) is 23.3 Å². The van der Waals surface area contributed by atoms with E-state index in [0.29, 0.717) is 12.5 Å². The molecule has 2 atom stereocenters. The summed E-state index contributed by atoms with van der Waals surface area (Å²) in [6.45, 7) is 4.36. The molecular weight excluding hydrogens is 268 g/mol. The predicted molar refractivity (Wildman–Crippen MR) is 79.7 cm³/mol. The van der Waals surface area contributed by atoms with Crippen LogP contribution in [0.3, 0.4) is 0 Å². The van der Waals surface area contributed by atoms with Gasteiger partial charge in [-0.1, -0.05) is 6.07 Å². The number of carbonyl (C=O) groups excluding carboxylic acids is 1. The van der Waals surface area contributed by atoms with Gasteiger partial charge in [0.1, 0.15) is 18.4 Å². The Morgan fingerprint density at radius 3 is 3.14 bits per heavy atom. The average Bonchev–Trinajstić information content (AvgIpc) is 3.04. The summed E-state index contributed by atoms with van der Waals surface area (Å²) in [4.78, 5) is 13.9. The lowest BCUT2D eigenvalue weighted by Gasteiger charge is -2.38. The molecule has 1 saturated heterocycles. The largest absolute Gasteiger partial charge is 0.483 e. The van der Waals surface area contributed by atoms with Gasteiger partial charge in [-0.15, -0.1) is 0 Å². The third-order valence-electron chi connectivity index (χ3n) is 4.47. The van der Waals surface area contributed by atoms with Gasteiger partial charge < -0.3 is 15.0 Å². The Hall–Kier alpha value is -2.08. The zero-order valence-electron chi connectivity index (χ0n) is 11.9. The van der Waals surface area contributed by atoms with Gasteiger partial charge in [0.05, 0.1) is 5.69 Å². The van der Waals surface area contributed by atoms with Crippen molar-refractivity contribution in [3.8, 4) is 5.75 Å². The van der Waals surface area contributed by atoms with Crippen molar-refractivity contribution in [1.29, 1.82) is 0 Å².